The predicted molar refractivity (Wildman–Crippen MR) is 111 cm³/mol. The van der Waals surface area contributed by atoms with Gasteiger partial charge >= 0.3 is 6.18 Å². The second-order valence-electron chi connectivity index (χ2n) is 7.61. The zero-order valence-electron chi connectivity index (χ0n) is 17.2. The topological polar surface area (TPSA) is 84.1 Å². The maximum atomic E-state index is 12.7. The second-order valence-corrected chi connectivity index (χ2v) is 7.61. The first kappa shape index (κ1) is 21.8. The van der Waals surface area contributed by atoms with E-state index in [2.05, 4.69) is 20.4 Å². The van der Waals surface area contributed by atoms with Crippen molar-refractivity contribution in [2.24, 2.45) is 0 Å². The quantitative estimate of drug-likeness (QED) is 0.620. The Morgan fingerprint density at radius 2 is 1.88 bits per heavy atom. The summed E-state index contributed by atoms with van der Waals surface area (Å²) in [6.45, 7) is 1.21. The Bertz CT molecular complexity index is 1030. The van der Waals surface area contributed by atoms with Gasteiger partial charge in [0.25, 0.3) is 0 Å². The average molecular weight is 445 g/mol. The van der Waals surface area contributed by atoms with E-state index in [1.165, 1.54) is 6.07 Å². The monoisotopic (exact) mass is 445 g/mol. The molecule has 1 aromatic carbocycles. The highest BCUT2D eigenvalue weighted by atomic mass is 19.4. The summed E-state index contributed by atoms with van der Waals surface area (Å²) in [6, 6.07) is 11.9. The number of aryl methyl sites for hydroxylation is 1. The van der Waals surface area contributed by atoms with Gasteiger partial charge in [-0.1, -0.05) is 35.5 Å². The number of carbonyl (C=O) groups is 1. The van der Waals surface area contributed by atoms with Gasteiger partial charge in [0.1, 0.15) is 5.82 Å². The number of nitrogens with zero attached hydrogens (tertiary/aromatic N) is 4. The lowest BCUT2D eigenvalue weighted by atomic mass is 10.0. The molecule has 0 radical (unpaired) electrons. The van der Waals surface area contributed by atoms with Gasteiger partial charge in [0.15, 0.2) is 0 Å². The maximum absolute atomic E-state index is 12.7. The van der Waals surface area contributed by atoms with E-state index in [-0.39, 0.29) is 18.4 Å². The molecule has 0 unspecified atom stereocenters. The van der Waals surface area contributed by atoms with Crippen LogP contribution >= 0.6 is 0 Å². The van der Waals surface area contributed by atoms with Crippen LogP contribution < -0.4 is 10.2 Å². The Morgan fingerprint density at radius 1 is 1.12 bits per heavy atom. The highest BCUT2D eigenvalue weighted by molar-refractivity contribution is 5.76. The van der Waals surface area contributed by atoms with Crippen LogP contribution in [0, 0.1) is 0 Å². The van der Waals surface area contributed by atoms with Crippen molar-refractivity contribution in [2.75, 3.05) is 18.0 Å². The molecular weight excluding hydrogens is 423 g/mol. The standard InChI is InChI=1S/C22H22F3N5O2/c23-22(24,25)16-6-7-18(26-14-16)30-12-10-17(11-13-30)27-19(31)8-9-20-28-21(29-32-20)15-4-2-1-3-5-15/h1-7,14,17H,8-13H2,(H,27,31). The number of aromatic nitrogens is 3. The summed E-state index contributed by atoms with van der Waals surface area (Å²) in [5.41, 5.74) is 0.0850. The molecule has 1 fully saturated rings. The van der Waals surface area contributed by atoms with Gasteiger partial charge in [-0.15, -0.1) is 0 Å². The lowest BCUT2D eigenvalue weighted by Crippen LogP contribution is -2.45. The molecule has 3 heterocycles. The van der Waals surface area contributed by atoms with Gasteiger partial charge < -0.3 is 14.7 Å². The van der Waals surface area contributed by atoms with E-state index in [1.54, 1.807) is 0 Å². The fourth-order valence-electron chi connectivity index (χ4n) is 3.57. The summed E-state index contributed by atoms with van der Waals surface area (Å²) < 4.78 is 43.3. The SMILES string of the molecule is O=C(CCc1nc(-c2ccccc2)no1)NC1CCN(c2ccc(C(F)(F)F)cn2)CC1. The summed E-state index contributed by atoms with van der Waals surface area (Å²) in [5.74, 6) is 1.30. The molecule has 7 nitrogen and oxygen atoms in total. The minimum absolute atomic E-state index is 0.00997. The number of amides is 1. The lowest BCUT2D eigenvalue weighted by Gasteiger charge is -2.33. The minimum atomic E-state index is -4.40. The number of benzene rings is 1. The number of alkyl halides is 3. The van der Waals surface area contributed by atoms with Crippen molar-refractivity contribution >= 4 is 11.7 Å². The van der Waals surface area contributed by atoms with Crippen molar-refractivity contribution in [3.8, 4) is 11.4 Å². The van der Waals surface area contributed by atoms with E-state index in [1.807, 2.05) is 35.2 Å². The fourth-order valence-corrected chi connectivity index (χ4v) is 3.57. The van der Waals surface area contributed by atoms with Gasteiger partial charge in [-0.2, -0.15) is 18.2 Å². The molecule has 168 valence electrons. The van der Waals surface area contributed by atoms with E-state index in [4.69, 9.17) is 4.52 Å². The molecule has 3 aromatic rings. The van der Waals surface area contributed by atoms with Gasteiger partial charge in [0, 0.05) is 43.7 Å². The number of anilines is 1. The molecule has 1 aliphatic rings. The van der Waals surface area contributed by atoms with Gasteiger partial charge in [0.2, 0.25) is 17.6 Å². The number of piperidine rings is 1. The van der Waals surface area contributed by atoms with Crippen LogP contribution in [0.3, 0.4) is 0 Å². The molecule has 2 aromatic heterocycles. The average Bonchev–Trinajstić information content (AvgIpc) is 3.28. The Kier molecular flexibility index (Phi) is 6.38. The third-order valence-electron chi connectivity index (χ3n) is 5.33. The van der Waals surface area contributed by atoms with Crippen LogP contribution in [0.25, 0.3) is 11.4 Å². The van der Waals surface area contributed by atoms with Crippen LogP contribution in [0.15, 0.2) is 53.2 Å². The molecule has 0 bridgehead atoms. The highest BCUT2D eigenvalue weighted by Crippen LogP contribution is 2.29. The van der Waals surface area contributed by atoms with E-state index in [0.29, 0.717) is 49.9 Å². The van der Waals surface area contributed by atoms with Crippen molar-refractivity contribution in [1.82, 2.24) is 20.4 Å². The zero-order chi connectivity index (χ0) is 22.6. The van der Waals surface area contributed by atoms with Crippen LogP contribution in [0.2, 0.25) is 0 Å². The molecular formula is C22H22F3N5O2. The van der Waals surface area contributed by atoms with Crippen LogP contribution in [0.4, 0.5) is 19.0 Å². The lowest BCUT2D eigenvalue weighted by molar-refractivity contribution is -0.137. The van der Waals surface area contributed by atoms with Gasteiger partial charge in [-0.25, -0.2) is 4.98 Å². The number of halogens is 3. The first-order valence-electron chi connectivity index (χ1n) is 10.3. The molecule has 0 aliphatic carbocycles. The van der Waals surface area contributed by atoms with Crippen molar-refractivity contribution in [3.05, 3.63) is 60.1 Å². The van der Waals surface area contributed by atoms with Gasteiger partial charge in [-0.05, 0) is 25.0 Å². The molecule has 0 spiro atoms. The molecule has 4 rings (SSSR count). The first-order chi connectivity index (χ1) is 15.4. The number of carbonyl (C=O) groups excluding carboxylic acids is 1. The molecule has 10 heteroatoms. The van der Waals surface area contributed by atoms with Crippen molar-refractivity contribution in [1.29, 1.82) is 0 Å². The molecule has 0 saturated carbocycles. The van der Waals surface area contributed by atoms with Crippen molar-refractivity contribution in [3.63, 3.8) is 0 Å². The van der Waals surface area contributed by atoms with Gasteiger partial charge in [0.05, 0.1) is 5.56 Å². The third-order valence-corrected chi connectivity index (χ3v) is 5.33. The van der Waals surface area contributed by atoms with E-state index in [0.717, 1.165) is 17.8 Å². The largest absolute Gasteiger partial charge is 0.417 e. The predicted octanol–water partition coefficient (Wildman–Crippen LogP) is 3.87. The van der Waals surface area contributed by atoms with E-state index >= 15 is 0 Å². The van der Waals surface area contributed by atoms with Crippen LogP contribution in [0.5, 0.6) is 0 Å². The molecule has 32 heavy (non-hydrogen) atoms. The Hall–Kier alpha value is -3.43. The van der Waals surface area contributed by atoms with Crippen LogP contribution in [0.1, 0.15) is 30.7 Å². The van der Waals surface area contributed by atoms with Crippen LogP contribution in [-0.2, 0) is 17.4 Å². The van der Waals surface area contributed by atoms with Gasteiger partial charge in [-0.3, -0.25) is 4.79 Å². The van der Waals surface area contributed by atoms with Crippen molar-refractivity contribution < 1.29 is 22.5 Å². The smallest absolute Gasteiger partial charge is 0.356 e. The first-order valence-corrected chi connectivity index (χ1v) is 10.3. The van der Waals surface area contributed by atoms with Crippen LogP contribution in [-0.4, -0.2) is 40.2 Å². The Labute approximate surface area is 182 Å². The maximum Gasteiger partial charge on any atom is 0.417 e. The number of nitrogens with one attached hydrogen (secondary N) is 1. The molecule has 1 N–H and O–H groups in total. The number of rotatable bonds is 6. The van der Waals surface area contributed by atoms with Crippen molar-refractivity contribution in [2.45, 2.75) is 37.9 Å². The number of pyridine rings is 1. The Morgan fingerprint density at radius 3 is 2.53 bits per heavy atom. The zero-order valence-corrected chi connectivity index (χ0v) is 17.2. The summed E-state index contributed by atoms with van der Waals surface area (Å²) in [7, 11) is 0. The highest BCUT2D eigenvalue weighted by Gasteiger charge is 2.31. The number of hydrogen-bond donors (Lipinski definition) is 1. The summed E-state index contributed by atoms with van der Waals surface area (Å²) in [5, 5.41) is 6.95. The fraction of sp³-hybridized carbons (Fsp3) is 0.364. The minimum Gasteiger partial charge on any atom is -0.356 e. The molecule has 1 saturated heterocycles. The number of hydrogen-bond acceptors (Lipinski definition) is 6. The molecule has 0 atom stereocenters. The summed E-state index contributed by atoms with van der Waals surface area (Å²) >= 11 is 0. The van der Waals surface area contributed by atoms with E-state index < -0.39 is 11.7 Å². The Balaban J connectivity index is 1.21. The summed E-state index contributed by atoms with van der Waals surface area (Å²) in [6.07, 6.45) is -1.59. The van der Waals surface area contributed by atoms with E-state index in [9.17, 15) is 18.0 Å². The normalized spacial score (nSPS) is 15.0. The third kappa shape index (κ3) is 5.43. The molecule has 1 aliphatic heterocycles. The summed E-state index contributed by atoms with van der Waals surface area (Å²) in [4.78, 5) is 22.5. The molecule has 1 amide bonds. The second kappa shape index (κ2) is 9.37.